The third-order valence-corrected chi connectivity index (χ3v) is 2.72. The number of urea groups is 1. The van der Waals surface area contributed by atoms with Gasteiger partial charge in [-0.15, -0.1) is 0 Å². The zero-order valence-corrected chi connectivity index (χ0v) is 10.8. The van der Waals surface area contributed by atoms with E-state index in [0.717, 1.165) is 16.8 Å². The first-order chi connectivity index (χ1) is 7.93. The fraction of sp³-hybridized carbons (Fsp3) is 0.462. The number of aliphatic hydroxyl groups is 1. The van der Waals surface area contributed by atoms with Gasteiger partial charge >= 0.3 is 6.03 Å². The first kappa shape index (κ1) is 13.5. The zero-order chi connectivity index (χ0) is 13.0. The van der Waals surface area contributed by atoms with E-state index in [1.807, 2.05) is 26.0 Å². The molecule has 2 amide bonds. The number of hydrogen-bond acceptors (Lipinski definition) is 2. The maximum absolute atomic E-state index is 11.8. The number of nitrogens with one attached hydrogen (secondary N) is 1. The normalized spacial score (nSPS) is 12.1. The number of carbonyl (C=O) groups is 1. The Balaban J connectivity index is 2.74. The summed E-state index contributed by atoms with van der Waals surface area (Å²) in [5.41, 5.74) is 3.00. The Morgan fingerprint density at radius 2 is 1.88 bits per heavy atom. The summed E-state index contributed by atoms with van der Waals surface area (Å²) in [5, 5.41) is 11.8. The van der Waals surface area contributed by atoms with Gasteiger partial charge in [0.05, 0.1) is 12.6 Å². The predicted octanol–water partition coefficient (Wildman–Crippen LogP) is 2.15. The molecule has 1 atom stereocenters. The molecule has 1 rings (SSSR count). The Kier molecular flexibility index (Phi) is 4.52. The summed E-state index contributed by atoms with van der Waals surface area (Å²) >= 11 is 0. The molecule has 0 spiro atoms. The number of likely N-dealkylation sites (N-methyl/N-ethyl adjacent to an activating group) is 1. The standard InChI is InChI=1S/C13H20N2O2/c1-9-5-10(2)7-12(6-9)14-13(17)15(4)11(3)8-16/h5-7,11,16H,8H2,1-4H3,(H,14,17). The quantitative estimate of drug-likeness (QED) is 0.845. The van der Waals surface area contributed by atoms with Gasteiger partial charge in [0, 0.05) is 12.7 Å². The summed E-state index contributed by atoms with van der Waals surface area (Å²) < 4.78 is 0. The molecule has 0 aliphatic rings. The molecule has 0 bridgehead atoms. The van der Waals surface area contributed by atoms with Crippen molar-refractivity contribution >= 4 is 11.7 Å². The van der Waals surface area contributed by atoms with Crippen LogP contribution in [0.15, 0.2) is 18.2 Å². The molecule has 2 N–H and O–H groups in total. The van der Waals surface area contributed by atoms with Crippen molar-refractivity contribution in [2.45, 2.75) is 26.8 Å². The van der Waals surface area contributed by atoms with Gasteiger partial charge in [-0.3, -0.25) is 0 Å². The molecule has 0 aliphatic carbocycles. The van der Waals surface area contributed by atoms with Crippen LogP contribution in [0.25, 0.3) is 0 Å². The van der Waals surface area contributed by atoms with Crippen LogP contribution in [0.3, 0.4) is 0 Å². The predicted molar refractivity (Wildman–Crippen MR) is 69.2 cm³/mol. The Bertz CT molecular complexity index is 384. The molecule has 0 aromatic heterocycles. The third kappa shape index (κ3) is 3.75. The molecule has 17 heavy (non-hydrogen) atoms. The number of carbonyl (C=O) groups excluding carboxylic acids is 1. The Morgan fingerprint density at radius 1 is 1.35 bits per heavy atom. The van der Waals surface area contributed by atoms with Crippen molar-refractivity contribution in [2.24, 2.45) is 0 Å². The fourth-order valence-corrected chi connectivity index (χ4v) is 1.58. The lowest BCUT2D eigenvalue weighted by molar-refractivity contribution is 0.166. The van der Waals surface area contributed by atoms with E-state index in [1.165, 1.54) is 4.90 Å². The summed E-state index contributed by atoms with van der Waals surface area (Å²) in [4.78, 5) is 13.3. The number of aryl methyl sites for hydroxylation is 2. The van der Waals surface area contributed by atoms with E-state index in [2.05, 4.69) is 11.4 Å². The average Bonchev–Trinajstić information content (AvgIpc) is 2.25. The van der Waals surface area contributed by atoms with Crippen LogP contribution in [0.2, 0.25) is 0 Å². The minimum absolute atomic E-state index is 0.0449. The number of aliphatic hydroxyl groups excluding tert-OH is 1. The zero-order valence-electron chi connectivity index (χ0n) is 10.8. The highest BCUT2D eigenvalue weighted by Crippen LogP contribution is 2.14. The van der Waals surface area contributed by atoms with Crippen LogP contribution < -0.4 is 5.32 Å². The molecule has 1 aromatic rings. The van der Waals surface area contributed by atoms with E-state index in [9.17, 15) is 4.79 Å². The second-order valence-electron chi connectivity index (χ2n) is 4.45. The van der Waals surface area contributed by atoms with E-state index >= 15 is 0 Å². The summed E-state index contributed by atoms with van der Waals surface area (Å²) in [7, 11) is 1.67. The van der Waals surface area contributed by atoms with Crippen LogP contribution >= 0.6 is 0 Å². The number of benzene rings is 1. The number of hydrogen-bond donors (Lipinski definition) is 2. The molecule has 0 fully saturated rings. The maximum Gasteiger partial charge on any atom is 0.321 e. The Labute approximate surface area is 102 Å². The van der Waals surface area contributed by atoms with Gasteiger partial charge in [-0.05, 0) is 44.0 Å². The number of anilines is 1. The summed E-state index contributed by atoms with van der Waals surface area (Å²) in [6.45, 7) is 5.73. The summed E-state index contributed by atoms with van der Waals surface area (Å²) in [5.74, 6) is 0. The maximum atomic E-state index is 11.8. The lowest BCUT2D eigenvalue weighted by Crippen LogP contribution is -2.40. The first-order valence-electron chi connectivity index (χ1n) is 5.67. The molecule has 4 heteroatoms. The molecular weight excluding hydrogens is 216 g/mol. The summed E-state index contributed by atoms with van der Waals surface area (Å²) in [6.07, 6.45) is 0. The van der Waals surface area contributed by atoms with Crippen LogP contribution in [0.1, 0.15) is 18.1 Å². The van der Waals surface area contributed by atoms with E-state index < -0.39 is 0 Å². The van der Waals surface area contributed by atoms with Gasteiger partial charge < -0.3 is 15.3 Å². The van der Waals surface area contributed by atoms with Crippen LogP contribution in [-0.4, -0.2) is 35.7 Å². The van der Waals surface area contributed by atoms with Gasteiger partial charge in [0.2, 0.25) is 0 Å². The van der Waals surface area contributed by atoms with Crippen molar-refractivity contribution in [3.05, 3.63) is 29.3 Å². The van der Waals surface area contributed by atoms with Crippen LogP contribution in [0, 0.1) is 13.8 Å². The summed E-state index contributed by atoms with van der Waals surface area (Å²) in [6, 6.07) is 5.48. The van der Waals surface area contributed by atoms with Crippen molar-refractivity contribution < 1.29 is 9.90 Å². The molecule has 0 heterocycles. The van der Waals surface area contributed by atoms with Crippen LogP contribution in [-0.2, 0) is 0 Å². The second kappa shape index (κ2) is 5.68. The van der Waals surface area contributed by atoms with Gasteiger partial charge in [-0.25, -0.2) is 4.79 Å². The lowest BCUT2D eigenvalue weighted by atomic mass is 10.1. The third-order valence-electron chi connectivity index (χ3n) is 2.72. The van der Waals surface area contributed by atoms with Gasteiger partial charge in [0.15, 0.2) is 0 Å². The largest absolute Gasteiger partial charge is 0.394 e. The minimum atomic E-state index is -0.212. The molecule has 4 nitrogen and oxygen atoms in total. The van der Waals surface area contributed by atoms with Crippen molar-refractivity contribution in [1.82, 2.24) is 4.90 Å². The smallest absolute Gasteiger partial charge is 0.321 e. The van der Waals surface area contributed by atoms with Crippen molar-refractivity contribution in [2.75, 3.05) is 19.0 Å². The van der Waals surface area contributed by atoms with Gasteiger partial charge in [-0.1, -0.05) is 6.07 Å². The Hall–Kier alpha value is -1.55. The van der Waals surface area contributed by atoms with E-state index in [1.54, 1.807) is 14.0 Å². The minimum Gasteiger partial charge on any atom is -0.394 e. The van der Waals surface area contributed by atoms with Crippen LogP contribution in [0.4, 0.5) is 10.5 Å². The molecule has 0 radical (unpaired) electrons. The number of amides is 2. The van der Waals surface area contributed by atoms with E-state index in [4.69, 9.17) is 5.11 Å². The highest BCUT2D eigenvalue weighted by molar-refractivity contribution is 5.89. The molecule has 1 aromatic carbocycles. The SMILES string of the molecule is Cc1cc(C)cc(NC(=O)N(C)C(C)CO)c1. The molecule has 94 valence electrons. The lowest BCUT2D eigenvalue weighted by Gasteiger charge is -2.23. The van der Waals surface area contributed by atoms with Gasteiger partial charge in [0.1, 0.15) is 0 Å². The Morgan fingerprint density at radius 3 is 2.35 bits per heavy atom. The van der Waals surface area contributed by atoms with Crippen LogP contribution in [0.5, 0.6) is 0 Å². The van der Waals surface area contributed by atoms with Gasteiger partial charge in [0.25, 0.3) is 0 Å². The molecular formula is C13H20N2O2. The average molecular weight is 236 g/mol. The monoisotopic (exact) mass is 236 g/mol. The first-order valence-corrected chi connectivity index (χ1v) is 5.67. The number of rotatable bonds is 3. The second-order valence-corrected chi connectivity index (χ2v) is 4.45. The molecule has 0 saturated carbocycles. The fourth-order valence-electron chi connectivity index (χ4n) is 1.58. The van der Waals surface area contributed by atoms with Crippen molar-refractivity contribution in [1.29, 1.82) is 0 Å². The molecule has 0 saturated heterocycles. The molecule has 1 unspecified atom stereocenters. The number of nitrogens with zero attached hydrogens (tertiary/aromatic N) is 1. The van der Waals surface area contributed by atoms with E-state index in [-0.39, 0.29) is 18.7 Å². The molecule has 0 aliphatic heterocycles. The van der Waals surface area contributed by atoms with Gasteiger partial charge in [-0.2, -0.15) is 0 Å². The van der Waals surface area contributed by atoms with Crippen molar-refractivity contribution in [3.8, 4) is 0 Å². The highest BCUT2D eigenvalue weighted by Gasteiger charge is 2.14. The topological polar surface area (TPSA) is 52.6 Å². The van der Waals surface area contributed by atoms with Crippen molar-refractivity contribution in [3.63, 3.8) is 0 Å². The highest BCUT2D eigenvalue weighted by atomic mass is 16.3. The van der Waals surface area contributed by atoms with E-state index in [0.29, 0.717) is 0 Å².